The van der Waals surface area contributed by atoms with Crippen molar-refractivity contribution in [2.24, 2.45) is 0 Å². The van der Waals surface area contributed by atoms with E-state index < -0.39 is 0 Å². The Morgan fingerprint density at radius 1 is 1.36 bits per heavy atom. The van der Waals surface area contributed by atoms with Crippen molar-refractivity contribution in [1.82, 2.24) is 20.1 Å². The lowest BCUT2D eigenvalue weighted by molar-refractivity contribution is -0.119. The molecule has 0 spiro atoms. The number of amides is 1. The topological polar surface area (TPSA) is 101 Å². The second-order valence-corrected chi connectivity index (χ2v) is 4.84. The van der Waals surface area contributed by atoms with Crippen LogP contribution in [0.4, 0.5) is 0 Å². The molecular weight excluding hydrogens is 282 g/mol. The van der Waals surface area contributed by atoms with Crippen LogP contribution >= 0.6 is 0 Å². The van der Waals surface area contributed by atoms with E-state index in [1.165, 1.54) is 17.9 Å². The predicted molar refractivity (Wildman–Crippen MR) is 77.7 cm³/mol. The number of Topliss-reactive ketones (excluding diaryl/α,β-unsaturated/α-hetero) is 1. The molecule has 22 heavy (non-hydrogen) atoms. The van der Waals surface area contributed by atoms with Gasteiger partial charge < -0.3 is 5.32 Å². The number of nitrogens with one attached hydrogen (secondary N) is 1. The molecular formula is C15H15N5O2. The summed E-state index contributed by atoms with van der Waals surface area (Å²) < 4.78 is 1.33. The van der Waals surface area contributed by atoms with E-state index in [1.54, 1.807) is 30.3 Å². The number of hydrogen-bond donors (Lipinski definition) is 1. The van der Waals surface area contributed by atoms with Gasteiger partial charge in [-0.25, -0.2) is 9.67 Å². The van der Waals surface area contributed by atoms with Crippen molar-refractivity contribution in [3.8, 4) is 6.07 Å². The van der Waals surface area contributed by atoms with Crippen molar-refractivity contribution in [2.45, 2.75) is 26.4 Å². The summed E-state index contributed by atoms with van der Waals surface area (Å²) >= 11 is 0. The zero-order chi connectivity index (χ0) is 16.1. The molecule has 0 radical (unpaired) electrons. The fourth-order valence-electron chi connectivity index (χ4n) is 2.01. The fraction of sp³-hybridized carbons (Fsp3) is 0.267. The third kappa shape index (κ3) is 3.76. The summed E-state index contributed by atoms with van der Waals surface area (Å²) in [6.07, 6.45) is 1.35. The van der Waals surface area contributed by atoms with Crippen molar-refractivity contribution in [2.75, 3.05) is 0 Å². The van der Waals surface area contributed by atoms with Crippen LogP contribution in [0, 0.1) is 11.3 Å². The van der Waals surface area contributed by atoms with Crippen molar-refractivity contribution >= 4 is 11.7 Å². The number of rotatable bonds is 5. The van der Waals surface area contributed by atoms with Crippen LogP contribution in [0.3, 0.4) is 0 Å². The van der Waals surface area contributed by atoms with Gasteiger partial charge in [-0.2, -0.15) is 5.26 Å². The minimum absolute atomic E-state index is 0.0231. The molecule has 2 rings (SSSR count). The summed E-state index contributed by atoms with van der Waals surface area (Å²) in [5, 5.41) is 15.3. The van der Waals surface area contributed by atoms with Crippen LogP contribution in [0.2, 0.25) is 0 Å². The van der Waals surface area contributed by atoms with E-state index in [-0.39, 0.29) is 30.1 Å². The molecule has 0 aliphatic heterocycles. The average Bonchev–Trinajstić information content (AvgIpc) is 2.94. The van der Waals surface area contributed by atoms with Crippen LogP contribution in [0.15, 0.2) is 30.6 Å². The molecule has 1 unspecified atom stereocenters. The first-order valence-electron chi connectivity index (χ1n) is 6.69. The van der Waals surface area contributed by atoms with Gasteiger partial charge in [-0.3, -0.25) is 9.59 Å². The van der Waals surface area contributed by atoms with Gasteiger partial charge in [0.15, 0.2) is 5.78 Å². The molecule has 2 aromatic rings. The van der Waals surface area contributed by atoms with Crippen LogP contribution in [0.5, 0.6) is 0 Å². The van der Waals surface area contributed by atoms with E-state index in [9.17, 15) is 9.59 Å². The van der Waals surface area contributed by atoms with Gasteiger partial charge in [0.1, 0.15) is 18.9 Å². The Morgan fingerprint density at radius 3 is 2.59 bits per heavy atom. The second kappa shape index (κ2) is 6.63. The van der Waals surface area contributed by atoms with Crippen LogP contribution in [-0.2, 0) is 11.3 Å². The van der Waals surface area contributed by atoms with E-state index in [0.29, 0.717) is 5.56 Å². The Hall–Kier alpha value is -3.01. The molecule has 1 amide bonds. The van der Waals surface area contributed by atoms with Gasteiger partial charge in [-0.15, -0.1) is 5.10 Å². The minimum atomic E-state index is -0.131. The van der Waals surface area contributed by atoms with Gasteiger partial charge in [0.2, 0.25) is 5.91 Å². The SMILES string of the molecule is CC(=O)NC(C)c1ccc(C(=O)Cn2cnc(C#N)n2)cc1. The highest BCUT2D eigenvalue weighted by Crippen LogP contribution is 2.14. The molecule has 7 heteroatoms. The van der Waals surface area contributed by atoms with E-state index >= 15 is 0 Å². The summed E-state index contributed by atoms with van der Waals surface area (Å²) in [5.74, 6) is -0.201. The Bertz CT molecular complexity index is 727. The lowest BCUT2D eigenvalue weighted by atomic mass is 10.0. The van der Waals surface area contributed by atoms with Crippen molar-refractivity contribution < 1.29 is 9.59 Å². The third-order valence-electron chi connectivity index (χ3n) is 3.09. The fourth-order valence-corrected chi connectivity index (χ4v) is 2.01. The summed E-state index contributed by atoms with van der Waals surface area (Å²) in [7, 11) is 0. The van der Waals surface area contributed by atoms with Gasteiger partial charge in [0, 0.05) is 12.5 Å². The first-order chi connectivity index (χ1) is 10.5. The molecule has 1 atom stereocenters. The highest BCUT2D eigenvalue weighted by Gasteiger charge is 2.11. The number of nitriles is 1. The molecule has 1 heterocycles. The third-order valence-corrected chi connectivity index (χ3v) is 3.09. The van der Waals surface area contributed by atoms with Gasteiger partial charge in [-0.05, 0) is 12.5 Å². The van der Waals surface area contributed by atoms with E-state index in [0.717, 1.165) is 5.56 Å². The number of hydrogen-bond acceptors (Lipinski definition) is 5. The molecule has 0 aliphatic carbocycles. The first kappa shape index (κ1) is 15.4. The van der Waals surface area contributed by atoms with E-state index in [1.807, 2.05) is 6.92 Å². The Kier molecular flexibility index (Phi) is 4.63. The molecule has 1 aromatic carbocycles. The van der Waals surface area contributed by atoms with Gasteiger partial charge in [-0.1, -0.05) is 24.3 Å². The Morgan fingerprint density at radius 2 is 2.05 bits per heavy atom. The molecule has 1 aromatic heterocycles. The van der Waals surface area contributed by atoms with Gasteiger partial charge in [0.25, 0.3) is 5.82 Å². The standard InChI is InChI=1S/C15H15N5O2/c1-10(18-11(2)21)12-3-5-13(6-4-12)14(22)8-20-9-17-15(7-16)19-20/h3-6,9-10H,8H2,1-2H3,(H,18,21). The average molecular weight is 297 g/mol. The predicted octanol–water partition coefficient (Wildman–Crippen LogP) is 1.23. The van der Waals surface area contributed by atoms with E-state index in [4.69, 9.17) is 5.26 Å². The number of nitrogens with zero attached hydrogens (tertiary/aromatic N) is 4. The molecule has 0 aliphatic rings. The molecule has 1 N–H and O–H groups in total. The Balaban J connectivity index is 2.05. The lowest BCUT2D eigenvalue weighted by Crippen LogP contribution is -2.23. The van der Waals surface area contributed by atoms with Gasteiger partial charge >= 0.3 is 0 Å². The maximum Gasteiger partial charge on any atom is 0.252 e. The smallest absolute Gasteiger partial charge is 0.252 e. The molecule has 0 fully saturated rings. The van der Waals surface area contributed by atoms with Crippen molar-refractivity contribution in [3.05, 3.63) is 47.5 Å². The van der Waals surface area contributed by atoms with Crippen LogP contribution in [0.1, 0.15) is 41.6 Å². The van der Waals surface area contributed by atoms with Gasteiger partial charge in [0.05, 0.1) is 6.04 Å². The normalized spacial score (nSPS) is 11.5. The maximum atomic E-state index is 12.1. The summed E-state index contributed by atoms with van der Waals surface area (Å²) in [6, 6.07) is 8.71. The summed E-state index contributed by atoms with van der Waals surface area (Å²) in [5.41, 5.74) is 1.45. The zero-order valence-corrected chi connectivity index (χ0v) is 12.3. The van der Waals surface area contributed by atoms with Crippen LogP contribution < -0.4 is 5.32 Å². The largest absolute Gasteiger partial charge is 0.350 e. The minimum Gasteiger partial charge on any atom is -0.350 e. The van der Waals surface area contributed by atoms with Crippen LogP contribution in [-0.4, -0.2) is 26.5 Å². The Labute approximate surface area is 127 Å². The first-order valence-corrected chi connectivity index (χ1v) is 6.69. The maximum absolute atomic E-state index is 12.1. The molecule has 0 saturated carbocycles. The van der Waals surface area contributed by atoms with Crippen molar-refractivity contribution in [3.63, 3.8) is 0 Å². The molecule has 0 bridgehead atoms. The van der Waals surface area contributed by atoms with E-state index in [2.05, 4.69) is 15.4 Å². The number of carbonyl (C=O) groups is 2. The zero-order valence-electron chi connectivity index (χ0n) is 12.3. The summed E-state index contributed by atoms with van der Waals surface area (Å²) in [4.78, 5) is 26.9. The number of benzene rings is 1. The number of ketones is 1. The second-order valence-electron chi connectivity index (χ2n) is 4.84. The highest BCUT2D eigenvalue weighted by molar-refractivity contribution is 5.95. The molecule has 112 valence electrons. The quantitative estimate of drug-likeness (QED) is 0.836. The highest BCUT2D eigenvalue weighted by atomic mass is 16.1. The number of aromatic nitrogens is 3. The number of carbonyl (C=O) groups excluding carboxylic acids is 2. The van der Waals surface area contributed by atoms with Crippen molar-refractivity contribution in [1.29, 1.82) is 5.26 Å². The lowest BCUT2D eigenvalue weighted by Gasteiger charge is -2.13. The monoisotopic (exact) mass is 297 g/mol. The molecule has 7 nitrogen and oxygen atoms in total. The van der Waals surface area contributed by atoms with Crippen LogP contribution in [0.25, 0.3) is 0 Å². The molecule has 0 saturated heterocycles. The summed E-state index contributed by atoms with van der Waals surface area (Å²) in [6.45, 7) is 3.36.